The first-order valence-corrected chi connectivity index (χ1v) is 16.7. The van der Waals surface area contributed by atoms with E-state index in [9.17, 15) is 0 Å². The van der Waals surface area contributed by atoms with Crippen LogP contribution in [-0.2, 0) is 5.41 Å². The van der Waals surface area contributed by atoms with Gasteiger partial charge in [0, 0.05) is 38.4 Å². The molecule has 2 heterocycles. The highest BCUT2D eigenvalue weighted by molar-refractivity contribution is 6.53. The fourth-order valence-electron chi connectivity index (χ4n) is 7.84. The summed E-state index contributed by atoms with van der Waals surface area (Å²) in [5.74, 6) is 1.67. The van der Waals surface area contributed by atoms with Gasteiger partial charge in [-0.25, -0.2) is 15.0 Å². The topological polar surface area (TPSA) is 99.5 Å². The summed E-state index contributed by atoms with van der Waals surface area (Å²) in [6.45, 7) is 4.55. The van der Waals surface area contributed by atoms with Gasteiger partial charge in [-0.1, -0.05) is 111 Å². The van der Waals surface area contributed by atoms with Gasteiger partial charge in [-0.05, 0) is 68.9 Å². The Morgan fingerprint density at radius 1 is 0.560 bits per heavy atom. The van der Waals surface area contributed by atoms with Gasteiger partial charge in [-0.3, -0.25) is 10.8 Å². The van der Waals surface area contributed by atoms with E-state index >= 15 is 0 Å². The Morgan fingerprint density at radius 2 is 1.24 bits per heavy atom. The third-order valence-electron chi connectivity index (χ3n) is 10.4. The van der Waals surface area contributed by atoms with Crippen LogP contribution in [0.25, 0.3) is 84.1 Å². The summed E-state index contributed by atoms with van der Waals surface area (Å²) >= 11 is 0. The van der Waals surface area contributed by atoms with E-state index in [1.807, 2.05) is 66.7 Å². The summed E-state index contributed by atoms with van der Waals surface area (Å²) in [5, 5.41) is 21.0. The van der Waals surface area contributed by atoms with Gasteiger partial charge in [0.05, 0.1) is 11.4 Å². The first kappa shape index (κ1) is 28.5. The van der Waals surface area contributed by atoms with Crippen LogP contribution in [0.5, 0.6) is 0 Å². The Morgan fingerprint density at radius 3 is 2.12 bits per heavy atom. The van der Waals surface area contributed by atoms with Crippen LogP contribution in [0.3, 0.4) is 0 Å². The van der Waals surface area contributed by atoms with Crippen molar-refractivity contribution in [2.24, 2.45) is 0 Å². The van der Waals surface area contributed by atoms with Gasteiger partial charge >= 0.3 is 0 Å². The molecule has 2 aliphatic rings. The van der Waals surface area contributed by atoms with Gasteiger partial charge in [0.15, 0.2) is 17.5 Å². The monoisotopic (exact) mass is 643 g/mol. The lowest BCUT2D eigenvalue weighted by atomic mass is 9.82. The molecule has 0 saturated heterocycles. The summed E-state index contributed by atoms with van der Waals surface area (Å²) in [7, 11) is 0. The summed E-state index contributed by atoms with van der Waals surface area (Å²) in [6.07, 6.45) is 3.59. The van der Waals surface area contributed by atoms with Crippen molar-refractivity contribution in [2.75, 3.05) is 0 Å². The zero-order valence-corrected chi connectivity index (χ0v) is 27.4. The van der Waals surface area contributed by atoms with Crippen molar-refractivity contribution in [1.29, 1.82) is 10.8 Å². The average Bonchev–Trinajstić information content (AvgIpc) is 3.64. The van der Waals surface area contributed by atoms with Crippen LogP contribution >= 0.6 is 0 Å². The molecule has 6 aromatic carbocycles. The zero-order chi connectivity index (χ0) is 33.7. The fraction of sp³-hybridized carbons (Fsp3) is 0.0682. The number of allylic oxidation sites excluding steroid dienone is 1. The van der Waals surface area contributed by atoms with E-state index in [0.717, 1.165) is 60.5 Å². The summed E-state index contributed by atoms with van der Waals surface area (Å²) in [4.78, 5) is 15.5. The average molecular weight is 644 g/mol. The van der Waals surface area contributed by atoms with E-state index in [0.29, 0.717) is 17.5 Å². The summed E-state index contributed by atoms with van der Waals surface area (Å²) in [6, 6.07) is 39.4. The van der Waals surface area contributed by atoms with Crippen molar-refractivity contribution < 1.29 is 4.42 Å². The molecular weight excluding hydrogens is 615 g/mol. The number of nitrogens with one attached hydrogen (secondary N) is 2. The maximum absolute atomic E-state index is 8.77. The number of fused-ring (bicyclic) bond motifs is 9. The number of benzene rings is 6. The molecule has 0 unspecified atom stereocenters. The van der Waals surface area contributed by atoms with Crippen molar-refractivity contribution >= 4 is 50.2 Å². The summed E-state index contributed by atoms with van der Waals surface area (Å²) in [5.41, 5.74) is 11.1. The van der Waals surface area contributed by atoms with Crippen LogP contribution in [0.15, 0.2) is 126 Å². The van der Waals surface area contributed by atoms with Crippen molar-refractivity contribution in [3.05, 3.63) is 144 Å². The van der Waals surface area contributed by atoms with E-state index < -0.39 is 0 Å². The third kappa shape index (κ3) is 4.05. The summed E-state index contributed by atoms with van der Waals surface area (Å²) < 4.78 is 6.25. The minimum atomic E-state index is -0.175. The van der Waals surface area contributed by atoms with Crippen LogP contribution in [-0.4, -0.2) is 26.4 Å². The number of aromatic nitrogens is 3. The highest BCUT2D eigenvalue weighted by atomic mass is 16.3. The highest BCUT2D eigenvalue weighted by Gasteiger charge is 2.35. The molecule has 8 aromatic rings. The van der Waals surface area contributed by atoms with Gasteiger partial charge in [-0.2, -0.15) is 0 Å². The molecular formula is C44H29N5O. The van der Waals surface area contributed by atoms with E-state index in [4.69, 9.17) is 30.2 Å². The highest BCUT2D eigenvalue weighted by Crippen LogP contribution is 2.49. The zero-order valence-electron chi connectivity index (χ0n) is 27.4. The van der Waals surface area contributed by atoms with Gasteiger partial charge in [0.2, 0.25) is 0 Å². The molecule has 0 aliphatic heterocycles. The Balaban J connectivity index is 1.22. The molecule has 0 atom stereocenters. The molecule has 0 bridgehead atoms. The van der Waals surface area contributed by atoms with Crippen molar-refractivity contribution in [3.63, 3.8) is 0 Å². The molecule has 0 radical (unpaired) electrons. The molecule has 6 nitrogen and oxygen atoms in total. The van der Waals surface area contributed by atoms with Crippen LogP contribution in [0, 0.1) is 10.8 Å². The maximum Gasteiger partial charge on any atom is 0.164 e. The number of nitrogens with zero attached hydrogens (tertiary/aromatic N) is 3. The lowest BCUT2D eigenvalue weighted by Crippen LogP contribution is -2.16. The molecule has 0 spiro atoms. The van der Waals surface area contributed by atoms with Crippen molar-refractivity contribution in [3.8, 4) is 45.3 Å². The second-order valence-electron chi connectivity index (χ2n) is 13.6. The SMILES string of the molecule is CC1(C)c2ccccc2-c2ccc(-c3nc(-c4ccc5ccc6c(c5c4)C(=N)C(=N)C=C6)nc(-c4cccc5oc6ccccc6c45)n3)cc21. The maximum atomic E-state index is 8.77. The Labute approximate surface area is 287 Å². The lowest BCUT2D eigenvalue weighted by molar-refractivity contribution is 0.660. The molecule has 0 amide bonds. The number of hydrogen-bond donors (Lipinski definition) is 2. The van der Waals surface area contributed by atoms with E-state index in [1.165, 1.54) is 22.3 Å². The van der Waals surface area contributed by atoms with Crippen molar-refractivity contribution in [1.82, 2.24) is 15.0 Å². The smallest absolute Gasteiger partial charge is 0.164 e. The quantitative estimate of drug-likeness (QED) is 0.200. The fourth-order valence-corrected chi connectivity index (χ4v) is 7.84. The first-order valence-electron chi connectivity index (χ1n) is 16.7. The van der Waals surface area contributed by atoms with E-state index in [2.05, 4.69) is 68.4 Å². The number of para-hydroxylation sites is 1. The van der Waals surface area contributed by atoms with Gasteiger partial charge in [0.1, 0.15) is 11.2 Å². The molecule has 2 aromatic heterocycles. The largest absolute Gasteiger partial charge is 0.456 e. The number of furan rings is 1. The molecule has 2 N–H and O–H groups in total. The second kappa shape index (κ2) is 10.2. The standard InChI is InChI=1S/C44H29N5O/c1-44(2)33-11-5-3-8-28(33)29-20-18-27(23-34(29)44)42-47-41(26-17-15-24-14-16-25-19-21-35(45)40(46)38(25)32(24)22-26)48-43(49-42)31-10-7-13-37-39(31)30-9-4-6-12-36(30)50-37/h3-23,45-46H,1-2H3. The molecule has 0 fully saturated rings. The minimum Gasteiger partial charge on any atom is -0.456 e. The van der Waals surface area contributed by atoms with Gasteiger partial charge in [-0.15, -0.1) is 0 Å². The van der Waals surface area contributed by atoms with E-state index in [-0.39, 0.29) is 16.8 Å². The molecule has 6 heteroatoms. The third-order valence-corrected chi connectivity index (χ3v) is 10.4. The molecule has 236 valence electrons. The van der Waals surface area contributed by atoms with E-state index in [1.54, 1.807) is 6.08 Å². The first-order chi connectivity index (χ1) is 24.3. The Kier molecular flexibility index (Phi) is 5.83. The van der Waals surface area contributed by atoms with Crippen LogP contribution in [0.1, 0.15) is 36.1 Å². The predicted molar refractivity (Wildman–Crippen MR) is 202 cm³/mol. The van der Waals surface area contributed by atoms with Crippen molar-refractivity contribution in [2.45, 2.75) is 19.3 Å². The Hall–Kier alpha value is -6.53. The number of hydrogen-bond acceptors (Lipinski definition) is 6. The minimum absolute atomic E-state index is 0.175. The Bertz CT molecular complexity index is 2840. The molecule has 50 heavy (non-hydrogen) atoms. The molecule has 10 rings (SSSR count). The molecule has 0 saturated carbocycles. The lowest BCUT2D eigenvalue weighted by Gasteiger charge is -2.21. The van der Waals surface area contributed by atoms with Gasteiger partial charge in [0.25, 0.3) is 0 Å². The second-order valence-corrected chi connectivity index (χ2v) is 13.6. The molecule has 2 aliphatic carbocycles. The van der Waals surface area contributed by atoms with Crippen LogP contribution in [0.4, 0.5) is 0 Å². The number of rotatable bonds is 3. The normalized spacial score (nSPS) is 14.4. The van der Waals surface area contributed by atoms with Gasteiger partial charge < -0.3 is 4.42 Å². The van der Waals surface area contributed by atoms with Crippen LogP contribution in [0.2, 0.25) is 0 Å². The predicted octanol–water partition coefficient (Wildman–Crippen LogP) is 10.6. The van der Waals surface area contributed by atoms with Crippen LogP contribution < -0.4 is 0 Å².